The van der Waals surface area contributed by atoms with Crippen LogP contribution in [-0.4, -0.2) is 36.4 Å². The number of pyridine rings is 1. The number of aromatic nitrogens is 1. The quantitative estimate of drug-likeness (QED) is 0.628. The summed E-state index contributed by atoms with van der Waals surface area (Å²) in [6.07, 6.45) is 2.34. The third-order valence-corrected chi connectivity index (χ3v) is 3.40. The molecule has 0 radical (unpaired) electrons. The Morgan fingerprint density at radius 2 is 2.00 bits per heavy atom. The lowest BCUT2D eigenvalue weighted by atomic mass is 10.1. The van der Waals surface area contributed by atoms with Crippen molar-refractivity contribution in [3.05, 3.63) is 65.0 Å². The summed E-state index contributed by atoms with van der Waals surface area (Å²) < 4.78 is 48.8. The number of benzene rings is 1. The molecule has 2 aromatic rings. The molecule has 0 saturated carbocycles. The summed E-state index contributed by atoms with van der Waals surface area (Å²) in [7, 11) is -3.43. The SMILES string of the molecule is CS(=O)(=O)CON=C(c1ccc(F)c(F)c1)c1ccc(CO)cn1. The van der Waals surface area contributed by atoms with E-state index in [0.29, 0.717) is 5.56 Å². The smallest absolute Gasteiger partial charge is 0.217 e. The molecule has 0 saturated heterocycles. The van der Waals surface area contributed by atoms with E-state index in [0.717, 1.165) is 18.4 Å². The largest absolute Gasteiger partial charge is 0.392 e. The fraction of sp³-hybridized carbons (Fsp3) is 0.200. The number of hydrogen-bond donors (Lipinski definition) is 1. The van der Waals surface area contributed by atoms with E-state index in [1.54, 1.807) is 6.07 Å². The van der Waals surface area contributed by atoms with Crippen LogP contribution in [0.5, 0.6) is 0 Å². The first-order chi connectivity index (χ1) is 11.3. The highest BCUT2D eigenvalue weighted by Gasteiger charge is 2.13. The summed E-state index contributed by atoms with van der Waals surface area (Å²) in [5.41, 5.74) is 0.973. The van der Waals surface area contributed by atoms with Crippen molar-refractivity contribution in [2.75, 3.05) is 12.2 Å². The van der Waals surface area contributed by atoms with E-state index in [-0.39, 0.29) is 23.6 Å². The summed E-state index contributed by atoms with van der Waals surface area (Å²) in [5, 5.41) is 12.7. The molecule has 128 valence electrons. The van der Waals surface area contributed by atoms with Gasteiger partial charge < -0.3 is 9.94 Å². The van der Waals surface area contributed by atoms with E-state index in [2.05, 4.69) is 10.1 Å². The van der Waals surface area contributed by atoms with Gasteiger partial charge in [0.05, 0.1) is 12.3 Å². The fourth-order valence-corrected chi connectivity index (χ4v) is 1.98. The second-order valence-corrected chi connectivity index (χ2v) is 7.04. The molecule has 0 spiro atoms. The third kappa shape index (κ3) is 4.80. The van der Waals surface area contributed by atoms with Crippen molar-refractivity contribution in [1.82, 2.24) is 4.98 Å². The van der Waals surface area contributed by atoms with Gasteiger partial charge in [0, 0.05) is 18.0 Å². The first-order valence-electron chi connectivity index (χ1n) is 6.69. The van der Waals surface area contributed by atoms with Gasteiger partial charge in [-0.2, -0.15) is 0 Å². The zero-order valence-electron chi connectivity index (χ0n) is 12.6. The van der Waals surface area contributed by atoms with E-state index in [9.17, 15) is 17.2 Å². The molecule has 0 aliphatic heterocycles. The van der Waals surface area contributed by atoms with Gasteiger partial charge in [-0.25, -0.2) is 17.2 Å². The summed E-state index contributed by atoms with van der Waals surface area (Å²) in [5.74, 6) is -2.79. The van der Waals surface area contributed by atoms with Crippen molar-refractivity contribution < 1.29 is 27.1 Å². The van der Waals surface area contributed by atoms with Gasteiger partial charge in [0.1, 0.15) is 5.71 Å². The minimum absolute atomic E-state index is 0.0297. The van der Waals surface area contributed by atoms with Crippen LogP contribution >= 0.6 is 0 Å². The van der Waals surface area contributed by atoms with Crippen LogP contribution in [0.25, 0.3) is 0 Å². The van der Waals surface area contributed by atoms with Gasteiger partial charge >= 0.3 is 0 Å². The van der Waals surface area contributed by atoms with E-state index in [4.69, 9.17) is 9.94 Å². The molecule has 9 heteroatoms. The normalized spacial score (nSPS) is 12.2. The van der Waals surface area contributed by atoms with Crippen LogP contribution in [0.3, 0.4) is 0 Å². The molecule has 0 aliphatic rings. The van der Waals surface area contributed by atoms with E-state index in [1.165, 1.54) is 18.3 Å². The number of aliphatic hydroxyl groups excluding tert-OH is 1. The average Bonchev–Trinajstić information content (AvgIpc) is 2.54. The molecule has 1 heterocycles. The Bertz CT molecular complexity index is 852. The van der Waals surface area contributed by atoms with E-state index < -0.39 is 27.4 Å². The summed E-state index contributed by atoms with van der Waals surface area (Å²) in [6, 6.07) is 6.14. The van der Waals surface area contributed by atoms with Gasteiger partial charge in [-0.15, -0.1) is 0 Å². The van der Waals surface area contributed by atoms with Gasteiger partial charge in [-0.1, -0.05) is 11.2 Å². The summed E-state index contributed by atoms with van der Waals surface area (Å²) >= 11 is 0. The second kappa shape index (κ2) is 7.45. The minimum Gasteiger partial charge on any atom is -0.392 e. The van der Waals surface area contributed by atoms with Crippen LogP contribution < -0.4 is 0 Å². The molecule has 0 aliphatic carbocycles. The lowest BCUT2D eigenvalue weighted by Gasteiger charge is -2.08. The minimum atomic E-state index is -3.43. The highest BCUT2D eigenvalue weighted by atomic mass is 32.2. The maximum absolute atomic E-state index is 13.5. The molecule has 1 aromatic heterocycles. The molecule has 0 fully saturated rings. The molecular weight excluding hydrogens is 342 g/mol. The Morgan fingerprint density at radius 1 is 1.25 bits per heavy atom. The van der Waals surface area contributed by atoms with Gasteiger partial charge in [-0.05, 0) is 29.8 Å². The van der Waals surface area contributed by atoms with Crippen LogP contribution in [0, 0.1) is 11.6 Å². The number of nitrogens with zero attached hydrogens (tertiary/aromatic N) is 2. The van der Waals surface area contributed by atoms with Crippen molar-refractivity contribution in [2.45, 2.75) is 6.61 Å². The molecule has 24 heavy (non-hydrogen) atoms. The van der Waals surface area contributed by atoms with Crippen molar-refractivity contribution in [1.29, 1.82) is 0 Å². The third-order valence-electron chi connectivity index (χ3n) is 2.87. The molecule has 6 nitrogen and oxygen atoms in total. The monoisotopic (exact) mass is 356 g/mol. The lowest BCUT2D eigenvalue weighted by molar-refractivity contribution is 0.190. The highest BCUT2D eigenvalue weighted by molar-refractivity contribution is 7.90. The lowest BCUT2D eigenvalue weighted by Crippen LogP contribution is -2.10. The molecular formula is C15H14F2N2O4S. The van der Waals surface area contributed by atoms with Gasteiger partial charge in [-0.3, -0.25) is 4.98 Å². The number of hydrogen-bond acceptors (Lipinski definition) is 6. The van der Waals surface area contributed by atoms with Gasteiger partial charge in [0.15, 0.2) is 21.5 Å². The standard InChI is InChI=1S/C15H14F2N2O4S/c1-24(21,22)9-23-19-15(11-3-4-12(16)13(17)6-11)14-5-2-10(8-20)7-18-14/h2-7,20H,8-9H2,1H3. The zero-order chi connectivity index (χ0) is 17.7. The maximum Gasteiger partial charge on any atom is 0.217 e. The number of sulfone groups is 1. The van der Waals surface area contributed by atoms with Crippen LogP contribution in [0.15, 0.2) is 41.7 Å². The Labute approximate surface area is 137 Å². The maximum atomic E-state index is 13.5. The Kier molecular flexibility index (Phi) is 5.58. The second-order valence-electron chi connectivity index (χ2n) is 4.95. The van der Waals surface area contributed by atoms with Crippen LogP contribution in [0.4, 0.5) is 8.78 Å². The van der Waals surface area contributed by atoms with Crippen LogP contribution in [-0.2, 0) is 21.3 Å². The van der Waals surface area contributed by atoms with Crippen molar-refractivity contribution >= 4 is 15.5 Å². The predicted molar refractivity (Wildman–Crippen MR) is 83.0 cm³/mol. The van der Waals surface area contributed by atoms with E-state index >= 15 is 0 Å². The van der Waals surface area contributed by atoms with Gasteiger partial charge in [0.25, 0.3) is 0 Å². The van der Waals surface area contributed by atoms with Crippen molar-refractivity contribution in [2.24, 2.45) is 5.16 Å². The first-order valence-corrected chi connectivity index (χ1v) is 8.75. The Morgan fingerprint density at radius 3 is 2.54 bits per heavy atom. The van der Waals surface area contributed by atoms with Crippen molar-refractivity contribution in [3.63, 3.8) is 0 Å². The van der Waals surface area contributed by atoms with E-state index in [1.807, 2.05) is 0 Å². The Balaban J connectivity index is 2.43. The average molecular weight is 356 g/mol. The first kappa shape index (κ1) is 18.0. The van der Waals surface area contributed by atoms with Crippen LogP contribution in [0.1, 0.15) is 16.8 Å². The molecule has 1 N–H and O–H groups in total. The topological polar surface area (TPSA) is 88.9 Å². The summed E-state index contributed by atoms with van der Waals surface area (Å²) in [4.78, 5) is 8.85. The molecule has 0 amide bonds. The van der Waals surface area contributed by atoms with Crippen molar-refractivity contribution in [3.8, 4) is 0 Å². The number of oxime groups is 1. The number of halogens is 2. The zero-order valence-corrected chi connectivity index (χ0v) is 13.4. The molecule has 0 unspecified atom stereocenters. The highest BCUT2D eigenvalue weighted by Crippen LogP contribution is 2.14. The predicted octanol–water partition coefficient (Wildman–Crippen LogP) is 1.62. The number of aliphatic hydroxyl groups is 1. The van der Waals surface area contributed by atoms with Gasteiger partial charge in [0.2, 0.25) is 5.94 Å². The molecule has 0 bridgehead atoms. The Hall–Kier alpha value is -2.39. The fourth-order valence-electron chi connectivity index (χ4n) is 1.74. The number of rotatable bonds is 6. The summed E-state index contributed by atoms with van der Waals surface area (Å²) in [6.45, 7) is -0.213. The molecule has 0 atom stereocenters. The molecule has 1 aromatic carbocycles. The van der Waals surface area contributed by atoms with Crippen LogP contribution in [0.2, 0.25) is 0 Å². The molecule has 2 rings (SSSR count).